The molecule has 1 N–H and O–H groups in total. The highest BCUT2D eigenvalue weighted by molar-refractivity contribution is 5.77. The van der Waals surface area contributed by atoms with Crippen LogP contribution in [0.3, 0.4) is 0 Å². The average molecular weight is 577 g/mol. The molecule has 0 spiro atoms. The van der Waals surface area contributed by atoms with Crippen LogP contribution in [0.15, 0.2) is 18.2 Å². The van der Waals surface area contributed by atoms with Crippen molar-refractivity contribution >= 4 is 17.9 Å². The van der Waals surface area contributed by atoms with Crippen molar-refractivity contribution in [1.82, 2.24) is 19.7 Å². The predicted octanol–water partition coefficient (Wildman–Crippen LogP) is 3.96. The van der Waals surface area contributed by atoms with Gasteiger partial charge in [-0.1, -0.05) is 26.8 Å². The van der Waals surface area contributed by atoms with Crippen LogP contribution in [0.1, 0.15) is 86.5 Å². The van der Waals surface area contributed by atoms with Crippen molar-refractivity contribution in [3.05, 3.63) is 29.6 Å². The lowest BCUT2D eigenvalue weighted by Gasteiger charge is -2.36. The molecule has 1 aliphatic rings. The zero-order valence-corrected chi connectivity index (χ0v) is 26.7. The normalized spacial score (nSPS) is 17.7. The molecule has 0 aliphatic carbocycles. The molecule has 0 fully saturated rings. The number of carboxylic acids is 1. The quantitative estimate of drug-likeness (QED) is 0.456. The van der Waals surface area contributed by atoms with Crippen LogP contribution in [0.5, 0.6) is 0 Å². The zero-order valence-electron chi connectivity index (χ0n) is 26.7. The van der Waals surface area contributed by atoms with Gasteiger partial charge in [0.15, 0.2) is 0 Å². The van der Waals surface area contributed by atoms with Gasteiger partial charge in [0, 0.05) is 52.2 Å². The Balaban J connectivity index is 2.45. The molecule has 10 nitrogen and oxygen atoms in total. The Hall–Kier alpha value is -2.56. The monoisotopic (exact) mass is 576 g/mol. The smallest absolute Gasteiger partial charge is 0.323 e. The lowest BCUT2D eigenvalue weighted by Crippen LogP contribution is -2.49. The second kappa shape index (κ2) is 14.6. The van der Waals surface area contributed by atoms with Crippen LogP contribution in [0.4, 0.5) is 0 Å². The fourth-order valence-electron chi connectivity index (χ4n) is 4.83. The summed E-state index contributed by atoms with van der Waals surface area (Å²) < 4.78 is 11.4. The van der Waals surface area contributed by atoms with Crippen molar-refractivity contribution in [1.29, 1.82) is 0 Å². The molecule has 0 radical (unpaired) electrons. The molecular formula is C31H52N4O6. The first-order valence-electron chi connectivity index (χ1n) is 14.6. The number of carbonyl (C=O) groups excluding carboxylic acids is 2. The number of hydrogen-bond donors (Lipinski definition) is 1. The highest BCUT2D eigenvalue weighted by atomic mass is 16.6. The number of rotatable bonds is 8. The molecule has 0 aromatic carbocycles. The minimum absolute atomic E-state index is 0.0756. The number of ether oxygens (including phenoxy) is 2. The predicted molar refractivity (Wildman–Crippen MR) is 158 cm³/mol. The summed E-state index contributed by atoms with van der Waals surface area (Å²) in [6.45, 7) is 21.8. The number of pyridine rings is 1. The van der Waals surface area contributed by atoms with Gasteiger partial charge in [0.05, 0.1) is 17.9 Å². The maximum atomic E-state index is 13.4. The SMILES string of the molecule is CC(C)(C)CN1CCN(CC(=O)OC(C)(C)C)CCN(C(CCC(=O)O)C(=O)OC(C)(C)C)Cc2cccc(n2)C1. The molecule has 0 amide bonds. The Morgan fingerprint density at radius 2 is 1.41 bits per heavy atom. The summed E-state index contributed by atoms with van der Waals surface area (Å²) in [5, 5.41) is 9.43. The van der Waals surface area contributed by atoms with E-state index in [2.05, 4.69) is 30.6 Å². The van der Waals surface area contributed by atoms with Crippen LogP contribution < -0.4 is 0 Å². The zero-order chi connectivity index (χ0) is 31.0. The van der Waals surface area contributed by atoms with Gasteiger partial charge in [-0.05, 0) is 65.5 Å². The molecule has 0 saturated heterocycles. The van der Waals surface area contributed by atoms with Crippen LogP contribution in [0.2, 0.25) is 0 Å². The van der Waals surface area contributed by atoms with Gasteiger partial charge in [-0.25, -0.2) is 0 Å². The fourth-order valence-corrected chi connectivity index (χ4v) is 4.83. The summed E-state index contributed by atoms with van der Waals surface area (Å²) in [6, 6.07) is 5.13. The molecule has 0 saturated carbocycles. The van der Waals surface area contributed by atoms with Gasteiger partial charge >= 0.3 is 17.9 Å². The van der Waals surface area contributed by atoms with Gasteiger partial charge in [-0.3, -0.25) is 34.1 Å². The largest absolute Gasteiger partial charge is 0.481 e. The first-order chi connectivity index (χ1) is 18.8. The second-order valence-electron chi connectivity index (χ2n) is 14.2. The molecule has 232 valence electrons. The third-order valence-electron chi connectivity index (χ3n) is 6.27. The van der Waals surface area contributed by atoms with Gasteiger partial charge in [0.1, 0.15) is 17.2 Å². The number of carboxylic acid groups (broad SMARTS) is 1. The maximum absolute atomic E-state index is 13.4. The summed E-state index contributed by atoms with van der Waals surface area (Å²) in [5.74, 6) is -1.74. The molecule has 2 rings (SSSR count). The third kappa shape index (κ3) is 14.3. The Morgan fingerprint density at radius 1 is 0.854 bits per heavy atom. The van der Waals surface area contributed by atoms with Crippen molar-refractivity contribution in [2.75, 3.05) is 39.3 Å². The molecule has 2 bridgehead atoms. The number of carbonyl (C=O) groups is 3. The summed E-state index contributed by atoms with van der Waals surface area (Å²) in [4.78, 5) is 49.1. The number of hydrogen-bond acceptors (Lipinski definition) is 9. The van der Waals surface area contributed by atoms with Gasteiger partial charge in [-0.15, -0.1) is 0 Å². The van der Waals surface area contributed by atoms with E-state index in [1.807, 2.05) is 43.9 Å². The number of nitrogens with zero attached hydrogens (tertiary/aromatic N) is 4. The van der Waals surface area contributed by atoms with Gasteiger partial charge in [-0.2, -0.15) is 0 Å². The van der Waals surface area contributed by atoms with Crippen molar-refractivity contribution in [3.8, 4) is 0 Å². The Kier molecular flexibility index (Phi) is 12.3. The van der Waals surface area contributed by atoms with Crippen LogP contribution in [-0.2, 0) is 36.9 Å². The summed E-state index contributed by atoms with van der Waals surface area (Å²) in [5.41, 5.74) is 0.474. The number of fused-ring (bicyclic) bond motifs is 2. The van der Waals surface area contributed by atoms with E-state index >= 15 is 0 Å². The molecule has 41 heavy (non-hydrogen) atoms. The Bertz CT molecular complexity index is 1020. The fraction of sp³-hybridized carbons (Fsp3) is 0.742. The lowest BCUT2D eigenvalue weighted by molar-refractivity contribution is -0.163. The molecule has 1 aromatic heterocycles. The minimum atomic E-state index is -0.974. The highest BCUT2D eigenvalue weighted by Gasteiger charge is 2.32. The summed E-state index contributed by atoms with van der Waals surface area (Å²) in [7, 11) is 0. The third-order valence-corrected chi connectivity index (χ3v) is 6.27. The Labute approximate surface area is 246 Å². The van der Waals surface area contributed by atoms with Crippen molar-refractivity contribution in [3.63, 3.8) is 0 Å². The van der Waals surface area contributed by atoms with E-state index in [0.29, 0.717) is 32.7 Å². The molecule has 1 aliphatic heterocycles. The van der Waals surface area contributed by atoms with Crippen LogP contribution >= 0.6 is 0 Å². The molecule has 1 unspecified atom stereocenters. The van der Waals surface area contributed by atoms with E-state index in [9.17, 15) is 19.5 Å². The van der Waals surface area contributed by atoms with Gasteiger partial charge < -0.3 is 14.6 Å². The van der Waals surface area contributed by atoms with E-state index < -0.39 is 29.2 Å². The first-order valence-corrected chi connectivity index (χ1v) is 14.6. The van der Waals surface area contributed by atoms with E-state index in [0.717, 1.165) is 24.5 Å². The average Bonchev–Trinajstić information content (AvgIpc) is 2.76. The molecule has 1 aromatic rings. The molecule has 1 atom stereocenters. The summed E-state index contributed by atoms with van der Waals surface area (Å²) in [6.07, 6.45) is -0.0629. The van der Waals surface area contributed by atoms with E-state index in [4.69, 9.17) is 14.5 Å². The first kappa shape index (κ1) is 34.6. The summed E-state index contributed by atoms with van der Waals surface area (Å²) >= 11 is 0. The van der Waals surface area contributed by atoms with Gasteiger partial charge in [0.2, 0.25) is 0 Å². The minimum Gasteiger partial charge on any atom is -0.481 e. The van der Waals surface area contributed by atoms with Gasteiger partial charge in [0.25, 0.3) is 0 Å². The van der Waals surface area contributed by atoms with Crippen molar-refractivity contribution < 1.29 is 29.0 Å². The number of esters is 2. The topological polar surface area (TPSA) is 113 Å². The molecular weight excluding hydrogens is 524 g/mol. The Morgan fingerprint density at radius 3 is 1.98 bits per heavy atom. The van der Waals surface area contributed by atoms with Crippen molar-refractivity contribution in [2.45, 2.75) is 105 Å². The van der Waals surface area contributed by atoms with E-state index in [1.54, 1.807) is 20.8 Å². The molecule has 2 heterocycles. The molecule has 10 heteroatoms. The van der Waals surface area contributed by atoms with Crippen molar-refractivity contribution in [2.24, 2.45) is 5.41 Å². The van der Waals surface area contributed by atoms with Crippen LogP contribution in [-0.4, -0.2) is 99.2 Å². The van der Waals surface area contributed by atoms with E-state index in [-0.39, 0.29) is 30.8 Å². The number of aromatic nitrogens is 1. The highest BCUT2D eigenvalue weighted by Crippen LogP contribution is 2.20. The maximum Gasteiger partial charge on any atom is 0.323 e. The number of aliphatic carboxylic acids is 1. The van der Waals surface area contributed by atoms with Crippen LogP contribution in [0.25, 0.3) is 0 Å². The standard InChI is InChI=1S/C31H52N4O6/c1-29(2,3)22-34-16-15-33(21-27(38)40-30(4,5)6)17-18-35(20-24-12-10-11-23(19-34)32-24)25(13-14-26(36)37)28(39)41-31(7,8)9/h10-12,25H,13-22H2,1-9H3,(H,36,37). The second-order valence-corrected chi connectivity index (χ2v) is 14.2. The van der Waals surface area contributed by atoms with E-state index in [1.165, 1.54) is 0 Å². The van der Waals surface area contributed by atoms with Crippen LogP contribution in [0, 0.1) is 5.41 Å². The lowest BCUT2D eigenvalue weighted by atomic mass is 9.96.